The molecule has 2 rings (SSSR count). The van der Waals surface area contributed by atoms with Gasteiger partial charge in [-0.3, -0.25) is 10.1 Å². The van der Waals surface area contributed by atoms with Crippen molar-refractivity contribution in [1.29, 1.82) is 0 Å². The summed E-state index contributed by atoms with van der Waals surface area (Å²) in [5.41, 5.74) is 1.52. The first-order valence-corrected chi connectivity index (χ1v) is 7.71. The van der Waals surface area contributed by atoms with Gasteiger partial charge in [-0.2, -0.15) is 0 Å². The molecule has 0 aliphatic carbocycles. The van der Waals surface area contributed by atoms with Crippen LogP contribution in [-0.2, 0) is 0 Å². The molecule has 1 aromatic heterocycles. The second kappa shape index (κ2) is 6.73. The Bertz CT molecular complexity index is 642. The monoisotopic (exact) mass is 306 g/mol. The molecular weight excluding hydrogens is 288 g/mol. The van der Waals surface area contributed by atoms with E-state index in [0.717, 1.165) is 28.5 Å². The fourth-order valence-electron chi connectivity index (χ4n) is 2.19. The van der Waals surface area contributed by atoms with Crippen molar-refractivity contribution in [1.82, 2.24) is 15.5 Å². The molecule has 1 unspecified atom stereocenters. The number of nitrogens with one attached hydrogen (secondary N) is 1. The summed E-state index contributed by atoms with van der Waals surface area (Å²) in [5, 5.41) is 24.5. The first kappa shape index (κ1) is 15.5. The molecule has 112 valence electrons. The third kappa shape index (κ3) is 3.25. The minimum absolute atomic E-state index is 0.114. The Hall–Kier alpha value is -1.86. The lowest BCUT2D eigenvalue weighted by Crippen LogP contribution is -2.19. The zero-order valence-electron chi connectivity index (χ0n) is 12.3. The Labute approximate surface area is 127 Å². The minimum atomic E-state index is -0.367. The van der Waals surface area contributed by atoms with Crippen molar-refractivity contribution in [3.8, 4) is 10.6 Å². The lowest BCUT2D eigenvalue weighted by atomic mass is 10.1. The van der Waals surface area contributed by atoms with Gasteiger partial charge in [0.1, 0.15) is 10.0 Å². The predicted molar refractivity (Wildman–Crippen MR) is 83.4 cm³/mol. The summed E-state index contributed by atoms with van der Waals surface area (Å²) in [5.74, 6) is 0. The second-order valence-electron chi connectivity index (χ2n) is 4.67. The number of rotatable bonds is 6. The van der Waals surface area contributed by atoms with Crippen molar-refractivity contribution in [2.24, 2.45) is 0 Å². The van der Waals surface area contributed by atoms with Crippen molar-refractivity contribution < 1.29 is 4.92 Å². The maximum atomic E-state index is 11.0. The highest BCUT2D eigenvalue weighted by atomic mass is 32.1. The number of nitro groups is 1. The topological polar surface area (TPSA) is 81.0 Å². The SMILES string of the molecule is CCNC(CC)c1nnc(-c2cccc([N+](=O)[O-])c2C)s1. The average Bonchev–Trinajstić information content (AvgIpc) is 2.94. The van der Waals surface area contributed by atoms with E-state index in [4.69, 9.17) is 0 Å². The maximum absolute atomic E-state index is 11.0. The molecule has 0 saturated heterocycles. The van der Waals surface area contributed by atoms with Gasteiger partial charge in [0, 0.05) is 17.2 Å². The van der Waals surface area contributed by atoms with E-state index in [0.29, 0.717) is 5.56 Å². The molecule has 0 saturated carbocycles. The van der Waals surface area contributed by atoms with Gasteiger partial charge in [0.2, 0.25) is 0 Å². The van der Waals surface area contributed by atoms with Crippen molar-refractivity contribution >= 4 is 17.0 Å². The van der Waals surface area contributed by atoms with E-state index in [2.05, 4.69) is 29.4 Å². The van der Waals surface area contributed by atoms with Gasteiger partial charge in [-0.05, 0) is 19.9 Å². The molecule has 0 amide bonds. The zero-order valence-corrected chi connectivity index (χ0v) is 13.1. The lowest BCUT2D eigenvalue weighted by molar-refractivity contribution is -0.385. The van der Waals surface area contributed by atoms with Gasteiger partial charge in [-0.1, -0.05) is 37.3 Å². The fraction of sp³-hybridized carbons (Fsp3) is 0.429. The molecule has 0 aliphatic rings. The van der Waals surface area contributed by atoms with Gasteiger partial charge in [-0.15, -0.1) is 10.2 Å². The molecule has 0 aliphatic heterocycles. The summed E-state index contributed by atoms with van der Waals surface area (Å²) in [4.78, 5) is 10.6. The van der Waals surface area contributed by atoms with Crippen molar-refractivity contribution in [2.75, 3.05) is 6.54 Å². The number of benzene rings is 1. The van der Waals surface area contributed by atoms with E-state index in [1.54, 1.807) is 13.0 Å². The molecular formula is C14H18N4O2S. The molecule has 7 heteroatoms. The van der Waals surface area contributed by atoms with E-state index < -0.39 is 0 Å². The Kier molecular flexibility index (Phi) is 4.98. The number of nitrogens with zero attached hydrogens (tertiary/aromatic N) is 3. The van der Waals surface area contributed by atoms with Crippen molar-refractivity contribution in [2.45, 2.75) is 33.2 Å². The first-order valence-electron chi connectivity index (χ1n) is 6.89. The van der Waals surface area contributed by atoms with Crippen LogP contribution in [0.25, 0.3) is 10.6 Å². The van der Waals surface area contributed by atoms with Crippen LogP contribution in [0.1, 0.15) is 36.9 Å². The van der Waals surface area contributed by atoms with Crippen LogP contribution in [0.2, 0.25) is 0 Å². The molecule has 0 bridgehead atoms. The van der Waals surface area contributed by atoms with Crippen molar-refractivity contribution in [3.63, 3.8) is 0 Å². The Morgan fingerprint density at radius 3 is 2.76 bits per heavy atom. The molecule has 0 fully saturated rings. The maximum Gasteiger partial charge on any atom is 0.273 e. The molecule has 1 atom stereocenters. The second-order valence-corrected chi connectivity index (χ2v) is 5.68. The molecule has 0 radical (unpaired) electrons. The number of hydrogen-bond donors (Lipinski definition) is 1. The van der Waals surface area contributed by atoms with Gasteiger partial charge in [0.15, 0.2) is 0 Å². The quantitative estimate of drug-likeness (QED) is 0.652. The van der Waals surface area contributed by atoms with Gasteiger partial charge >= 0.3 is 0 Å². The molecule has 6 nitrogen and oxygen atoms in total. The van der Waals surface area contributed by atoms with Crippen LogP contribution < -0.4 is 5.32 Å². The molecule has 2 aromatic rings. The van der Waals surface area contributed by atoms with E-state index in [9.17, 15) is 10.1 Å². The standard InChI is InChI=1S/C14H18N4O2S/c1-4-11(15-5-2)14-17-16-13(21-14)10-7-6-8-12(9(10)3)18(19)20/h6-8,11,15H,4-5H2,1-3H3. The number of hydrogen-bond acceptors (Lipinski definition) is 6. The van der Waals surface area contributed by atoms with Crippen LogP contribution in [0.4, 0.5) is 5.69 Å². The Morgan fingerprint density at radius 1 is 1.38 bits per heavy atom. The number of aromatic nitrogens is 2. The molecule has 1 heterocycles. The minimum Gasteiger partial charge on any atom is -0.308 e. The predicted octanol–water partition coefficient (Wildman–Crippen LogP) is 3.48. The van der Waals surface area contributed by atoms with E-state index in [1.807, 2.05) is 6.07 Å². The summed E-state index contributed by atoms with van der Waals surface area (Å²) in [6.07, 6.45) is 0.927. The summed E-state index contributed by atoms with van der Waals surface area (Å²) in [6.45, 7) is 6.75. The van der Waals surface area contributed by atoms with Gasteiger partial charge < -0.3 is 5.32 Å². The molecule has 1 N–H and O–H groups in total. The Balaban J connectivity index is 2.38. The molecule has 21 heavy (non-hydrogen) atoms. The highest BCUT2D eigenvalue weighted by Gasteiger charge is 2.19. The Morgan fingerprint density at radius 2 is 2.14 bits per heavy atom. The third-order valence-electron chi connectivity index (χ3n) is 3.33. The smallest absolute Gasteiger partial charge is 0.273 e. The third-order valence-corrected chi connectivity index (χ3v) is 4.40. The van der Waals surface area contributed by atoms with Gasteiger partial charge in [0.05, 0.1) is 11.0 Å². The normalized spacial score (nSPS) is 12.3. The number of nitro benzene ring substituents is 1. The fourth-order valence-corrected chi connectivity index (χ4v) is 3.27. The summed E-state index contributed by atoms with van der Waals surface area (Å²) < 4.78 is 0. The largest absolute Gasteiger partial charge is 0.308 e. The van der Waals surface area contributed by atoms with Gasteiger partial charge in [0.25, 0.3) is 5.69 Å². The van der Waals surface area contributed by atoms with Crippen LogP contribution >= 0.6 is 11.3 Å². The van der Waals surface area contributed by atoms with E-state index in [1.165, 1.54) is 17.4 Å². The van der Waals surface area contributed by atoms with Crippen LogP contribution in [0.15, 0.2) is 18.2 Å². The molecule has 0 spiro atoms. The van der Waals surface area contributed by atoms with Crippen LogP contribution in [-0.4, -0.2) is 21.7 Å². The van der Waals surface area contributed by atoms with Crippen molar-refractivity contribution in [3.05, 3.63) is 38.9 Å². The van der Waals surface area contributed by atoms with E-state index in [-0.39, 0.29) is 16.7 Å². The highest BCUT2D eigenvalue weighted by molar-refractivity contribution is 7.14. The van der Waals surface area contributed by atoms with Crippen LogP contribution in [0.3, 0.4) is 0 Å². The highest BCUT2D eigenvalue weighted by Crippen LogP contribution is 2.33. The summed E-state index contributed by atoms with van der Waals surface area (Å²) in [7, 11) is 0. The molecule has 1 aromatic carbocycles. The lowest BCUT2D eigenvalue weighted by Gasteiger charge is -2.11. The average molecular weight is 306 g/mol. The van der Waals surface area contributed by atoms with Gasteiger partial charge in [-0.25, -0.2) is 0 Å². The van der Waals surface area contributed by atoms with Crippen LogP contribution in [0, 0.1) is 17.0 Å². The van der Waals surface area contributed by atoms with Crippen LogP contribution in [0.5, 0.6) is 0 Å². The summed E-state index contributed by atoms with van der Waals surface area (Å²) >= 11 is 1.49. The zero-order chi connectivity index (χ0) is 15.4. The van der Waals surface area contributed by atoms with E-state index >= 15 is 0 Å². The first-order chi connectivity index (χ1) is 10.1. The summed E-state index contributed by atoms with van der Waals surface area (Å²) in [6, 6.07) is 5.22.